The predicted molar refractivity (Wildman–Crippen MR) is 77.3 cm³/mol. The molecular formula is C12H17BClNO3S. The maximum atomic E-state index is 11.6. The minimum Gasteiger partial charge on any atom is -0.398 e. The number of pyridine rings is 1. The monoisotopic (exact) mass is 301 g/mol. The van der Waals surface area contributed by atoms with Crippen molar-refractivity contribution in [3.63, 3.8) is 0 Å². The smallest absolute Gasteiger partial charge is 0.398 e. The minimum atomic E-state index is -1.17. The molecule has 2 rings (SSSR count). The van der Waals surface area contributed by atoms with E-state index in [0.717, 1.165) is 0 Å². The largest absolute Gasteiger partial charge is 0.516 e. The van der Waals surface area contributed by atoms with Crippen LogP contribution >= 0.6 is 11.6 Å². The molecule has 1 aromatic heterocycles. The molecule has 0 amide bonds. The van der Waals surface area contributed by atoms with Gasteiger partial charge in [0.2, 0.25) is 0 Å². The molecule has 1 aromatic rings. The lowest BCUT2D eigenvalue weighted by Gasteiger charge is -2.32. The van der Waals surface area contributed by atoms with Crippen LogP contribution in [0.4, 0.5) is 0 Å². The van der Waals surface area contributed by atoms with Crippen molar-refractivity contribution in [2.75, 3.05) is 6.26 Å². The van der Waals surface area contributed by atoms with Gasteiger partial charge in [-0.15, -0.1) is 0 Å². The normalized spacial score (nSPS) is 22.5. The summed E-state index contributed by atoms with van der Waals surface area (Å²) in [5.74, 6) is 0. The Kier molecular flexibility index (Phi) is 3.82. The molecular weight excluding hydrogens is 284 g/mol. The van der Waals surface area contributed by atoms with E-state index in [-0.39, 0.29) is 0 Å². The molecule has 7 heteroatoms. The summed E-state index contributed by atoms with van der Waals surface area (Å²) in [6.45, 7) is 7.84. The van der Waals surface area contributed by atoms with Gasteiger partial charge in [0.15, 0.2) is 0 Å². The fourth-order valence-electron chi connectivity index (χ4n) is 1.78. The second-order valence-corrected chi connectivity index (χ2v) is 7.28. The molecule has 0 N–H and O–H groups in total. The second-order valence-electron chi connectivity index (χ2n) is 5.55. The van der Waals surface area contributed by atoms with Crippen LogP contribution in [0, 0.1) is 0 Å². The highest BCUT2D eigenvalue weighted by Gasteiger charge is 2.53. The Morgan fingerprint density at radius 2 is 1.79 bits per heavy atom. The molecule has 1 unspecified atom stereocenters. The number of hydrogen-bond acceptors (Lipinski definition) is 4. The van der Waals surface area contributed by atoms with Gasteiger partial charge < -0.3 is 9.31 Å². The summed E-state index contributed by atoms with van der Waals surface area (Å²) < 4.78 is 23.4. The van der Waals surface area contributed by atoms with E-state index in [0.29, 0.717) is 15.5 Å². The first-order chi connectivity index (χ1) is 8.66. The lowest BCUT2D eigenvalue weighted by molar-refractivity contribution is 0.00578. The number of halogens is 1. The molecule has 0 spiro atoms. The Morgan fingerprint density at radius 1 is 1.26 bits per heavy atom. The molecule has 0 saturated carbocycles. The second kappa shape index (κ2) is 4.84. The number of hydrogen-bond donors (Lipinski definition) is 0. The van der Waals surface area contributed by atoms with E-state index in [1.165, 1.54) is 0 Å². The van der Waals surface area contributed by atoms with Crippen LogP contribution < -0.4 is 5.59 Å². The van der Waals surface area contributed by atoms with Gasteiger partial charge in [-0.1, -0.05) is 11.6 Å². The highest BCUT2D eigenvalue weighted by atomic mass is 35.5. The number of aromatic nitrogens is 1. The van der Waals surface area contributed by atoms with Crippen LogP contribution in [-0.2, 0) is 20.1 Å². The predicted octanol–water partition coefficient (Wildman–Crippen LogP) is 1.77. The zero-order valence-electron chi connectivity index (χ0n) is 11.7. The molecule has 1 saturated heterocycles. The van der Waals surface area contributed by atoms with Gasteiger partial charge in [0.05, 0.1) is 37.5 Å². The first-order valence-corrected chi connectivity index (χ1v) is 7.93. The third-order valence-corrected chi connectivity index (χ3v) is 5.14. The summed E-state index contributed by atoms with van der Waals surface area (Å²) in [6, 6.07) is 1.65. The Morgan fingerprint density at radius 3 is 2.26 bits per heavy atom. The molecule has 4 nitrogen and oxygen atoms in total. The fourth-order valence-corrected chi connectivity index (χ4v) is 2.92. The van der Waals surface area contributed by atoms with Crippen molar-refractivity contribution in [3.05, 3.63) is 17.3 Å². The standard InChI is InChI=1S/C12H17BClNO3S/c1-11(2)12(3,4)18-13(17-11)10-9(14)8(19(5)16)6-7-15-10/h6-7H,1-5H3. The first-order valence-electron chi connectivity index (χ1n) is 5.99. The van der Waals surface area contributed by atoms with Crippen LogP contribution in [-0.4, -0.2) is 33.8 Å². The molecule has 0 aliphatic carbocycles. The van der Waals surface area contributed by atoms with Crippen molar-refractivity contribution >= 4 is 35.1 Å². The maximum absolute atomic E-state index is 11.6. The van der Waals surface area contributed by atoms with Crippen LogP contribution in [0.3, 0.4) is 0 Å². The lowest BCUT2D eigenvalue weighted by Crippen LogP contribution is -2.41. The highest BCUT2D eigenvalue weighted by molar-refractivity contribution is 7.84. The third kappa shape index (κ3) is 2.59. The summed E-state index contributed by atoms with van der Waals surface area (Å²) in [7, 11) is -1.81. The quantitative estimate of drug-likeness (QED) is 0.781. The van der Waals surface area contributed by atoms with Crippen LogP contribution in [0.2, 0.25) is 5.02 Å². The topological polar surface area (TPSA) is 48.4 Å². The van der Waals surface area contributed by atoms with Crippen molar-refractivity contribution in [2.45, 2.75) is 43.8 Å². The van der Waals surface area contributed by atoms with Crippen LogP contribution in [0.5, 0.6) is 0 Å². The van der Waals surface area contributed by atoms with E-state index in [4.69, 9.17) is 20.9 Å². The molecule has 1 aliphatic heterocycles. The molecule has 1 atom stereocenters. The summed E-state index contributed by atoms with van der Waals surface area (Å²) in [5, 5.41) is 0.349. The number of nitrogens with zero attached hydrogens (tertiary/aromatic N) is 1. The summed E-state index contributed by atoms with van der Waals surface area (Å²) in [6.07, 6.45) is 3.15. The van der Waals surface area contributed by atoms with Crippen molar-refractivity contribution in [2.24, 2.45) is 0 Å². The van der Waals surface area contributed by atoms with Crippen molar-refractivity contribution < 1.29 is 13.5 Å². The molecule has 2 heterocycles. The molecule has 1 aliphatic rings. The van der Waals surface area contributed by atoms with E-state index in [9.17, 15) is 4.21 Å². The van der Waals surface area contributed by atoms with Gasteiger partial charge in [0.1, 0.15) is 0 Å². The average Bonchev–Trinajstić information content (AvgIpc) is 2.47. The Bertz CT molecular complexity index is 520. The first kappa shape index (κ1) is 15.0. The Balaban J connectivity index is 2.40. The van der Waals surface area contributed by atoms with E-state index < -0.39 is 29.1 Å². The minimum absolute atomic E-state index is 0.349. The molecule has 0 aromatic carbocycles. The molecule has 19 heavy (non-hydrogen) atoms. The van der Waals surface area contributed by atoms with Crippen molar-refractivity contribution in [3.8, 4) is 0 Å². The van der Waals surface area contributed by atoms with E-state index in [2.05, 4.69) is 4.98 Å². The van der Waals surface area contributed by atoms with E-state index in [1.807, 2.05) is 27.7 Å². The lowest BCUT2D eigenvalue weighted by atomic mass is 9.84. The Hall–Kier alpha value is -0.425. The zero-order valence-corrected chi connectivity index (χ0v) is 13.3. The molecule has 1 fully saturated rings. The SMILES string of the molecule is CS(=O)c1ccnc(B2OC(C)(C)C(C)(C)O2)c1Cl. The van der Waals surface area contributed by atoms with Crippen molar-refractivity contribution in [1.82, 2.24) is 4.98 Å². The summed E-state index contributed by atoms with van der Waals surface area (Å²) >= 11 is 6.25. The summed E-state index contributed by atoms with van der Waals surface area (Å²) in [4.78, 5) is 4.76. The van der Waals surface area contributed by atoms with Gasteiger partial charge in [-0.2, -0.15) is 0 Å². The van der Waals surface area contributed by atoms with Gasteiger partial charge in [-0.3, -0.25) is 9.19 Å². The number of rotatable bonds is 2. The van der Waals surface area contributed by atoms with Crippen LogP contribution in [0.1, 0.15) is 27.7 Å². The molecule has 104 valence electrons. The van der Waals surface area contributed by atoms with Crippen LogP contribution in [0.15, 0.2) is 17.2 Å². The highest BCUT2D eigenvalue weighted by Crippen LogP contribution is 2.37. The summed E-state index contributed by atoms with van der Waals surface area (Å²) in [5.41, 5.74) is -0.429. The fraction of sp³-hybridized carbons (Fsp3) is 0.583. The molecule has 0 radical (unpaired) electrons. The van der Waals surface area contributed by atoms with Gasteiger partial charge in [-0.05, 0) is 33.8 Å². The van der Waals surface area contributed by atoms with Gasteiger partial charge >= 0.3 is 7.12 Å². The van der Waals surface area contributed by atoms with Gasteiger partial charge in [-0.25, -0.2) is 0 Å². The van der Waals surface area contributed by atoms with Crippen LogP contribution in [0.25, 0.3) is 0 Å². The van der Waals surface area contributed by atoms with E-state index in [1.54, 1.807) is 18.5 Å². The average molecular weight is 302 g/mol. The van der Waals surface area contributed by atoms with Gasteiger partial charge in [0, 0.05) is 12.5 Å². The zero-order chi connectivity index (χ0) is 14.4. The van der Waals surface area contributed by atoms with Crippen molar-refractivity contribution in [1.29, 1.82) is 0 Å². The Labute approximate surface area is 121 Å². The molecule has 0 bridgehead atoms. The maximum Gasteiger partial charge on any atom is 0.516 e. The third-order valence-electron chi connectivity index (χ3n) is 3.67. The van der Waals surface area contributed by atoms with Gasteiger partial charge in [0.25, 0.3) is 0 Å². The van der Waals surface area contributed by atoms with E-state index >= 15 is 0 Å².